The molecule has 0 bridgehead atoms. The lowest BCUT2D eigenvalue weighted by Gasteiger charge is -2.26. The molecule has 0 saturated carbocycles. The van der Waals surface area contributed by atoms with E-state index in [-0.39, 0.29) is 6.61 Å². The van der Waals surface area contributed by atoms with Crippen molar-refractivity contribution in [2.75, 3.05) is 20.8 Å². The maximum absolute atomic E-state index is 9.78. The zero-order valence-corrected chi connectivity index (χ0v) is 12.2. The zero-order chi connectivity index (χ0) is 15.2. The van der Waals surface area contributed by atoms with Crippen molar-refractivity contribution in [2.45, 2.75) is 37.3 Å². The molecule has 1 saturated heterocycles. The molecule has 1 fully saturated rings. The Balaban J connectivity index is 1.88. The number of rotatable bonds is 7. The van der Waals surface area contributed by atoms with Crippen LogP contribution < -0.4 is 0 Å². The Kier molecular flexibility index (Phi) is 6.10. The number of benzene rings is 1. The number of methoxy groups -OCH3 is 2. The molecule has 0 amide bonds. The minimum absolute atomic E-state index is 0.273. The molecule has 1 aliphatic heterocycles. The molecule has 0 spiro atoms. The molecule has 118 valence electrons. The van der Waals surface area contributed by atoms with E-state index in [1.54, 1.807) is 0 Å². The van der Waals surface area contributed by atoms with Gasteiger partial charge < -0.3 is 29.2 Å². The van der Waals surface area contributed by atoms with E-state index >= 15 is 0 Å². The summed E-state index contributed by atoms with van der Waals surface area (Å²) in [6.45, 7) is 0.728. The Hall–Kier alpha value is -1.02. The second-order valence-electron chi connectivity index (χ2n) is 4.96. The van der Waals surface area contributed by atoms with Crippen LogP contribution in [-0.4, -0.2) is 61.7 Å². The fraction of sp³-hybridized carbons (Fsp3) is 0.600. The summed E-state index contributed by atoms with van der Waals surface area (Å²) in [5, 5.41) is 19.3. The maximum atomic E-state index is 9.78. The summed E-state index contributed by atoms with van der Waals surface area (Å²) in [7, 11) is 2.99. The number of hydrogen-bond acceptors (Lipinski definition) is 6. The van der Waals surface area contributed by atoms with E-state index < -0.39 is 30.7 Å². The van der Waals surface area contributed by atoms with Crippen LogP contribution in [-0.2, 0) is 25.6 Å². The highest BCUT2D eigenvalue weighted by Gasteiger charge is 2.47. The fourth-order valence-corrected chi connectivity index (χ4v) is 2.41. The Bertz CT molecular complexity index is 412. The summed E-state index contributed by atoms with van der Waals surface area (Å²) in [6.07, 6.45) is -4.03. The van der Waals surface area contributed by atoms with Gasteiger partial charge in [-0.05, 0) is 5.56 Å². The van der Waals surface area contributed by atoms with Crippen LogP contribution in [0, 0.1) is 0 Å². The van der Waals surface area contributed by atoms with Gasteiger partial charge >= 0.3 is 0 Å². The topological polar surface area (TPSA) is 77.4 Å². The Labute approximate surface area is 124 Å². The van der Waals surface area contributed by atoms with Crippen molar-refractivity contribution in [3.05, 3.63) is 35.9 Å². The molecule has 1 aromatic carbocycles. The first kappa shape index (κ1) is 16.4. The molecule has 1 aromatic rings. The summed E-state index contributed by atoms with van der Waals surface area (Å²) < 4.78 is 21.5. The van der Waals surface area contributed by atoms with Crippen molar-refractivity contribution in [2.24, 2.45) is 0 Å². The standard InChI is InChI=1S/C15H22O6/c1-18-11(9-20-8-10-6-4-3-5-7-10)13-14(19-2)12(16)15(17)21-13/h3-7,11-17H,8-9H2,1-2H3/t11-,12-,13-,14-,15-/m1/s1. The number of hydrogen-bond donors (Lipinski definition) is 2. The predicted octanol–water partition coefficient (Wildman–Crippen LogP) is 0.311. The molecule has 1 heterocycles. The molecule has 2 N–H and O–H groups in total. The van der Waals surface area contributed by atoms with Gasteiger partial charge in [-0.2, -0.15) is 0 Å². The van der Waals surface area contributed by atoms with Crippen LogP contribution in [0.15, 0.2) is 30.3 Å². The smallest absolute Gasteiger partial charge is 0.184 e. The number of aliphatic hydroxyl groups is 2. The molecule has 5 atom stereocenters. The van der Waals surface area contributed by atoms with Gasteiger partial charge in [-0.3, -0.25) is 0 Å². The molecule has 0 aromatic heterocycles. The van der Waals surface area contributed by atoms with Gasteiger partial charge in [-0.15, -0.1) is 0 Å². The summed E-state index contributed by atoms with van der Waals surface area (Å²) in [4.78, 5) is 0. The van der Waals surface area contributed by atoms with Crippen LogP contribution >= 0.6 is 0 Å². The van der Waals surface area contributed by atoms with Gasteiger partial charge in [0, 0.05) is 14.2 Å². The van der Waals surface area contributed by atoms with Crippen molar-refractivity contribution < 1.29 is 29.2 Å². The molecule has 6 heteroatoms. The summed E-state index contributed by atoms with van der Waals surface area (Å²) in [5.41, 5.74) is 1.06. The molecular formula is C15H22O6. The van der Waals surface area contributed by atoms with E-state index in [9.17, 15) is 10.2 Å². The Morgan fingerprint density at radius 1 is 1.19 bits per heavy atom. The average Bonchev–Trinajstić information content (AvgIpc) is 2.80. The van der Waals surface area contributed by atoms with E-state index in [0.717, 1.165) is 5.56 Å². The van der Waals surface area contributed by atoms with Gasteiger partial charge in [-0.1, -0.05) is 30.3 Å². The van der Waals surface area contributed by atoms with E-state index in [0.29, 0.717) is 6.61 Å². The van der Waals surface area contributed by atoms with Crippen molar-refractivity contribution >= 4 is 0 Å². The van der Waals surface area contributed by atoms with E-state index in [1.165, 1.54) is 14.2 Å². The molecule has 2 rings (SSSR count). The lowest BCUT2D eigenvalue weighted by atomic mass is 10.1. The van der Waals surface area contributed by atoms with Crippen LogP contribution in [0.3, 0.4) is 0 Å². The average molecular weight is 298 g/mol. The summed E-state index contributed by atoms with van der Waals surface area (Å²) in [6, 6.07) is 9.78. The van der Waals surface area contributed by atoms with E-state index in [2.05, 4.69) is 0 Å². The van der Waals surface area contributed by atoms with Gasteiger partial charge in [0.1, 0.15) is 24.4 Å². The molecule has 0 aliphatic carbocycles. The third kappa shape index (κ3) is 4.00. The van der Waals surface area contributed by atoms with Gasteiger partial charge in [0.25, 0.3) is 0 Å². The Morgan fingerprint density at radius 3 is 2.52 bits per heavy atom. The van der Waals surface area contributed by atoms with Crippen LogP contribution in [0.25, 0.3) is 0 Å². The Morgan fingerprint density at radius 2 is 1.90 bits per heavy atom. The van der Waals surface area contributed by atoms with Crippen LogP contribution in [0.1, 0.15) is 5.56 Å². The zero-order valence-electron chi connectivity index (χ0n) is 12.2. The summed E-state index contributed by atoms with van der Waals surface area (Å²) >= 11 is 0. The second-order valence-corrected chi connectivity index (χ2v) is 4.96. The molecule has 6 nitrogen and oxygen atoms in total. The van der Waals surface area contributed by atoms with Crippen molar-refractivity contribution in [3.8, 4) is 0 Å². The number of ether oxygens (including phenoxy) is 4. The first-order valence-corrected chi connectivity index (χ1v) is 6.86. The van der Waals surface area contributed by atoms with Gasteiger partial charge in [0.15, 0.2) is 6.29 Å². The van der Waals surface area contributed by atoms with Gasteiger partial charge in [-0.25, -0.2) is 0 Å². The maximum Gasteiger partial charge on any atom is 0.184 e. The van der Waals surface area contributed by atoms with Gasteiger partial charge in [0.2, 0.25) is 0 Å². The van der Waals surface area contributed by atoms with E-state index in [4.69, 9.17) is 18.9 Å². The summed E-state index contributed by atoms with van der Waals surface area (Å²) in [5.74, 6) is 0. The number of aliphatic hydroxyl groups excluding tert-OH is 2. The van der Waals surface area contributed by atoms with Crippen LogP contribution in [0.5, 0.6) is 0 Å². The second kappa shape index (κ2) is 7.84. The highest BCUT2D eigenvalue weighted by molar-refractivity contribution is 5.13. The molecule has 0 radical (unpaired) electrons. The molecule has 1 aliphatic rings. The van der Waals surface area contributed by atoms with Crippen molar-refractivity contribution in [1.82, 2.24) is 0 Å². The van der Waals surface area contributed by atoms with Crippen LogP contribution in [0.2, 0.25) is 0 Å². The minimum Gasteiger partial charge on any atom is -0.385 e. The first-order chi connectivity index (χ1) is 10.2. The third-order valence-electron chi connectivity index (χ3n) is 3.58. The van der Waals surface area contributed by atoms with Gasteiger partial charge in [0.05, 0.1) is 13.2 Å². The highest BCUT2D eigenvalue weighted by Crippen LogP contribution is 2.26. The lowest BCUT2D eigenvalue weighted by molar-refractivity contribution is -0.160. The molecule has 0 unspecified atom stereocenters. The van der Waals surface area contributed by atoms with Crippen molar-refractivity contribution in [1.29, 1.82) is 0 Å². The normalized spacial score (nSPS) is 30.5. The predicted molar refractivity (Wildman–Crippen MR) is 74.6 cm³/mol. The highest BCUT2D eigenvalue weighted by atomic mass is 16.7. The monoisotopic (exact) mass is 298 g/mol. The molecule has 21 heavy (non-hydrogen) atoms. The minimum atomic E-state index is -1.27. The quantitative estimate of drug-likeness (QED) is 0.754. The first-order valence-electron chi connectivity index (χ1n) is 6.86. The molecular weight excluding hydrogens is 276 g/mol. The van der Waals surface area contributed by atoms with Crippen molar-refractivity contribution in [3.63, 3.8) is 0 Å². The van der Waals surface area contributed by atoms with Crippen LogP contribution in [0.4, 0.5) is 0 Å². The SMILES string of the molecule is CO[C@@H]1[C@@H](O)[C@H](O)O[C@@H]1[C@@H](COCc1ccccc1)OC. The fourth-order valence-electron chi connectivity index (χ4n) is 2.41. The third-order valence-corrected chi connectivity index (χ3v) is 3.58. The lowest BCUT2D eigenvalue weighted by Crippen LogP contribution is -2.43. The van der Waals surface area contributed by atoms with E-state index in [1.807, 2.05) is 30.3 Å². The largest absolute Gasteiger partial charge is 0.385 e.